The quantitative estimate of drug-likeness (QED) is 0.621. The number of thiophene rings is 1. The number of hydrogen-bond acceptors (Lipinski definition) is 4. The largest absolute Gasteiger partial charge is 0.358 e. The highest BCUT2D eigenvalue weighted by Gasteiger charge is 2.06. The number of nitrogens with one attached hydrogen (secondary N) is 3. The standard InChI is InChI=1S/C12H17N3O3S/c1-13-11(17)7-15-10(16)3-2-5-14-12(18)9-4-6-19-8-9/h4,6,8H,2-3,5,7H2,1H3,(H,13,17)(H,14,18)(H,15,16). The van der Waals surface area contributed by atoms with Gasteiger partial charge in [0.1, 0.15) is 0 Å². The first-order valence-electron chi connectivity index (χ1n) is 5.91. The molecule has 0 spiro atoms. The van der Waals surface area contributed by atoms with E-state index in [1.165, 1.54) is 18.4 Å². The topological polar surface area (TPSA) is 87.3 Å². The van der Waals surface area contributed by atoms with Crippen molar-refractivity contribution >= 4 is 29.1 Å². The van der Waals surface area contributed by atoms with Crippen molar-refractivity contribution in [2.24, 2.45) is 0 Å². The van der Waals surface area contributed by atoms with E-state index >= 15 is 0 Å². The third kappa shape index (κ3) is 6.01. The molecule has 0 aliphatic rings. The van der Waals surface area contributed by atoms with Gasteiger partial charge in [0, 0.05) is 31.0 Å². The summed E-state index contributed by atoms with van der Waals surface area (Å²) in [5, 5.41) is 11.2. The molecule has 0 bridgehead atoms. The molecule has 6 nitrogen and oxygen atoms in total. The maximum absolute atomic E-state index is 11.5. The highest BCUT2D eigenvalue weighted by molar-refractivity contribution is 7.08. The third-order valence-corrected chi connectivity index (χ3v) is 3.06. The van der Waals surface area contributed by atoms with Gasteiger partial charge >= 0.3 is 0 Å². The zero-order chi connectivity index (χ0) is 14.1. The van der Waals surface area contributed by atoms with Crippen molar-refractivity contribution in [1.29, 1.82) is 0 Å². The van der Waals surface area contributed by atoms with Gasteiger partial charge in [0.2, 0.25) is 11.8 Å². The van der Waals surface area contributed by atoms with E-state index in [1.807, 2.05) is 5.38 Å². The van der Waals surface area contributed by atoms with Crippen LogP contribution in [0.5, 0.6) is 0 Å². The van der Waals surface area contributed by atoms with Crippen molar-refractivity contribution in [2.75, 3.05) is 20.1 Å². The van der Waals surface area contributed by atoms with Crippen molar-refractivity contribution in [2.45, 2.75) is 12.8 Å². The van der Waals surface area contributed by atoms with Crippen molar-refractivity contribution in [1.82, 2.24) is 16.0 Å². The first-order valence-corrected chi connectivity index (χ1v) is 6.85. The van der Waals surface area contributed by atoms with E-state index in [-0.39, 0.29) is 30.7 Å². The fraction of sp³-hybridized carbons (Fsp3) is 0.417. The van der Waals surface area contributed by atoms with Crippen LogP contribution in [-0.2, 0) is 9.59 Å². The minimum Gasteiger partial charge on any atom is -0.358 e. The molecule has 0 fully saturated rings. The summed E-state index contributed by atoms with van der Waals surface area (Å²) in [5.74, 6) is -0.570. The van der Waals surface area contributed by atoms with Crippen LogP contribution in [0.1, 0.15) is 23.2 Å². The first kappa shape index (κ1) is 15.2. The van der Waals surface area contributed by atoms with Gasteiger partial charge in [-0.05, 0) is 17.9 Å². The molecular formula is C12H17N3O3S. The number of rotatable bonds is 7. The summed E-state index contributed by atoms with van der Waals surface area (Å²) < 4.78 is 0. The minimum atomic E-state index is -0.237. The summed E-state index contributed by atoms with van der Waals surface area (Å²) in [6.07, 6.45) is 0.816. The van der Waals surface area contributed by atoms with Gasteiger partial charge in [0.15, 0.2) is 0 Å². The SMILES string of the molecule is CNC(=O)CNC(=O)CCCNC(=O)c1ccsc1. The second kappa shape index (κ2) is 8.25. The Morgan fingerprint density at radius 3 is 2.63 bits per heavy atom. The summed E-state index contributed by atoms with van der Waals surface area (Å²) in [6.45, 7) is 0.415. The maximum Gasteiger partial charge on any atom is 0.252 e. The molecule has 0 saturated carbocycles. The van der Waals surface area contributed by atoms with E-state index in [1.54, 1.807) is 11.4 Å². The zero-order valence-corrected chi connectivity index (χ0v) is 11.5. The lowest BCUT2D eigenvalue weighted by molar-refractivity contribution is -0.125. The number of likely N-dealkylation sites (N-methyl/N-ethyl adjacent to an activating group) is 1. The van der Waals surface area contributed by atoms with Crippen LogP contribution in [0.25, 0.3) is 0 Å². The lowest BCUT2D eigenvalue weighted by Gasteiger charge is -2.05. The van der Waals surface area contributed by atoms with Gasteiger partial charge in [-0.15, -0.1) is 0 Å². The molecule has 3 amide bonds. The summed E-state index contributed by atoms with van der Waals surface area (Å²) >= 11 is 1.46. The van der Waals surface area contributed by atoms with Crippen LogP contribution in [0.2, 0.25) is 0 Å². The average Bonchev–Trinajstić information content (AvgIpc) is 2.94. The van der Waals surface area contributed by atoms with E-state index in [2.05, 4.69) is 16.0 Å². The predicted molar refractivity (Wildman–Crippen MR) is 73.0 cm³/mol. The van der Waals surface area contributed by atoms with E-state index < -0.39 is 0 Å². The van der Waals surface area contributed by atoms with Crippen LogP contribution in [0.3, 0.4) is 0 Å². The second-order valence-electron chi connectivity index (χ2n) is 3.82. The Morgan fingerprint density at radius 2 is 2.00 bits per heavy atom. The zero-order valence-electron chi connectivity index (χ0n) is 10.7. The molecular weight excluding hydrogens is 266 g/mol. The molecule has 0 saturated heterocycles. The highest BCUT2D eigenvalue weighted by atomic mass is 32.1. The molecule has 0 radical (unpaired) electrons. The molecule has 1 heterocycles. The number of hydrogen-bond donors (Lipinski definition) is 3. The van der Waals surface area contributed by atoms with Crippen molar-refractivity contribution < 1.29 is 14.4 Å². The summed E-state index contributed by atoms with van der Waals surface area (Å²) in [4.78, 5) is 33.8. The van der Waals surface area contributed by atoms with Gasteiger partial charge < -0.3 is 16.0 Å². The van der Waals surface area contributed by atoms with Crippen LogP contribution in [-0.4, -0.2) is 37.9 Å². The maximum atomic E-state index is 11.5. The number of carbonyl (C=O) groups is 3. The fourth-order valence-corrected chi connectivity index (χ4v) is 1.94. The molecule has 3 N–H and O–H groups in total. The number of amides is 3. The summed E-state index contributed by atoms with van der Waals surface area (Å²) in [7, 11) is 1.51. The van der Waals surface area contributed by atoms with Crippen molar-refractivity contribution in [3.8, 4) is 0 Å². The predicted octanol–water partition coefficient (Wildman–Crippen LogP) is 0.120. The van der Waals surface area contributed by atoms with Gasteiger partial charge in [-0.25, -0.2) is 0 Å². The summed E-state index contributed by atoms with van der Waals surface area (Å²) in [5.41, 5.74) is 0.633. The lowest BCUT2D eigenvalue weighted by atomic mass is 10.2. The van der Waals surface area contributed by atoms with Crippen LogP contribution < -0.4 is 16.0 Å². The highest BCUT2D eigenvalue weighted by Crippen LogP contribution is 2.05. The molecule has 1 rings (SSSR count). The number of carbonyl (C=O) groups excluding carboxylic acids is 3. The fourth-order valence-electron chi connectivity index (χ4n) is 1.30. The minimum absolute atomic E-state index is 0.0173. The Balaban J connectivity index is 2.09. The molecule has 0 aliphatic heterocycles. The Labute approximate surface area is 115 Å². The van der Waals surface area contributed by atoms with Gasteiger partial charge in [-0.1, -0.05) is 0 Å². The Kier molecular flexibility index (Phi) is 6.59. The molecule has 1 aromatic rings. The molecule has 0 unspecified atom stereocenters. The van der Waals surface area contributed by atoms with Crippen molar-refractivity contribution in [3.63, 3.8) is 0 Å². The molecule has 0 aromatic carbocycles. The second-order valence-corrected chi connectivity index (χ2v) is 4.60. The summed E-state index contributed by atoms with van der Waals surface area (Å²) in [6, 6.07) is 1.75. The normalized spacial score (nSPS) is 9.74. The molecule has 0 atom stereocenters. The van der Waals surface area contributed by atoms with Gasteiger partial charge in [-0.2, -0.15) is 11.3 Å². The van der Waals surface area contributed by atoms with Crippen LogP contribution in [0.15, 0.2) is 16.8 Å². The van der Waals surface area contributed by atoms with Crippen LogP contribution in [0, 0.1) is 0 Å². The van der Waals surface area contributed by atoms with E-state index in [4.69, 9.17) is 0 Å². The molecule has 1 aromatic heterocycles. The van der Waals surface area contributed by atoms with Gasteiger partial charge in [-0.3, -0.25) is 14.4 Å². The Morgan fingerprint density at radius 1 is 1.21 bits per heavy atom. The smallest absolute Gasteiger partial charge is 0.252 e. The van der Waals surface area contributed by atoms with Crippen LogP contribution >= 0.6 is 11.3 Å². The molecule has 104 valence electrons. The molecule has 0 aliphatic carbocycles. The van der Waals surface area contributed by atoms with E-state index in [0.717, 1.165) is 0 Å². The molecule has 7 heteroatoms. The van der Waals surface area contributed by atoms with Gasteiger partial charge in [0.25, 0.3) is 5.91 Å². The average molecular weight is 283 g/mol. The Hall–Kier alpha value is -1.89. The first-order chi connectivity index (χ1) is 9.13. The van der Waals surface area contributed by atoms with Crippen molar-refractivity contribution in [3.05, 3.63) is 22.4 Å². The van der Waals surface area contributed by atoms with Crippen LogP contribution in [0.4, 0.5) is 0 Å². The monoisotopic (exact) mass is 283 g/mol. The lowest BCUT2D eigenvalue weighted by Crippen LogP contribution is -2.35. The molecule has 19 heavy (non-hydrogen) atoms. The third-order valence-electron chi connectivity index (χ3n) is 2.37. The van der Waals surface area contributed by atoms with E-state index in [0.29, 0.717) is 18.5 Å². The van der Waals surface area contributed by atoms with E-state index in [9.17, 15) is 14.4 Å². The van der Waals surface area contributed by atoms with Gasteiger partial charge in [0.05, 0.1) is 6.54 Å². The Bertz CT molecular complexity index is 431.